The minimum absolute atomic E-state index is 0.131. The lowest BCUT2D eigenvalue weighted by Crippen LogP contribution is -2.56. The highest BCUT2D eigenvalue weighted by atomic mass is 32.1. The summed E-state index contributed by atoms with van der Waals surface area (Å²) < 4.78 is 18.7. The van der Waals surface area contributed by atoms with Crippen molar-refractivity contribution in [1.29, 1.82) is 0 Å². The van der Waals surface area contributed by atoms with Crippen molar-refractivity contribution in [3.63, 3.8) is 0 Å². The molecular formula is C21H26FN3O2S. The summed E-state index contributed by atoms with van der Waals surface area (Å²) in [5.41, 5.74) is 1.55. The van der Waals surface area contributed by atoms with Crippen molar-refractivity contribution in [2.24, 2.45) is 5.41 Å². The van der Waals surface area contributed by atoms with Gasteiger partial charge in [-0.3, -0.25) is 9.69 Å². The van der Waals surface area contributed by atoms with E-state index in [0.29, 0.717) is 6.54 Å². The summed E-state index contributed by atoms with van der Waals surface area (Å²) >= 11 is 1.63. The van der Waals surface area contributed by atoms with Crippen LogP contribution in [0.5, 0.6) is 0 Å². The van der Waals surface area contributed by atoms with E-state index in [-0.39, 0.29) is 23.2 Å². The van der Waals surface area contributed by atoms with Crippen LogP contribution >= 0.6 is 11.3 Å². The molecule has 3 heterocycles. The van der Waals surface area contributed by atoms with Crippen molar-refractivity contribution >= 4 is 17.2 Å². The number of ether oxygens (including phenoxy) is 1. The smallest absolute Gasteiger partial charge is 0.228 e. The zero-order valence-electron chi connectivity index (χ0n) is 16.4. The zero-order chi connectivity index (χ0) is 19.7. The molecule has 2 aromatic rings. The lowest BCUT2D eigenvalue weighted by molar-refractivity contribution is -0.156. The highest BCUT2D eigenvalue weighted by Gasteiger charge is 2.47. The van der Waals surface area contributed by atoms with Gasteiger partial charge in [-0.05, 0) is 56.6 Å². The number of amides is 1. The number of thiazole rings is 1. The zero-order valence-corrected chi connectivity index (χ0v) is 17.2. The number of carbonyl (C=O) groups is 1. The van der Waals surface area contributed by atoms with Crippen molar-refractivity contribution in [1.82, 2.24) is 14.8 Å². The van der Waals surface area contributed by atoms with E-state index in [0.717, 1.165) is 55.2 Å². The molecule has 7 heteroatoms. The number of carbonyl (C=O) groups excluding carboxylic acids is 1. The number of nitrogens with zero attached hydrogens (tertiary/aromatic N) is 3. The first-order valence-corrected chi connectivity index (χ1v) is 10.6. The van der Waals surface area contributed by atoms with Gasteiger partial charge in [0, 0.05) is 31.6 Å². The third-order valence-corrected chi connectivity index (χ3v) is 6.93. The van der Waals surface area contributed by atoms with Crippen molar-refractivity contribution in [3.8, 4) is 11.3 Å². The second-order valence-corrected chi connectivity index (χ2v) is 8.88. The van der Waals surface area contributed by atoms with Crippen LogP contribution < -0.4 is 0 Å². The van der Waals surface area contributed by atoms with Gasteiger partial charge < -0.3 is 9.64 Å². The van der Waals surface area contributed by atoms with Crippen LogP contribution in [-0.4, -0.2) is 60.6 Å². The summed E-state index contributed by atoms with van der Waals surface area (Å²) in [6.45, 7) is 3.26. The van der Waals surface area contributed by atoms with E-state index in [1.807, 2.05) is 17.3 Å². The quantitative estimate of drug-likeness (QED) is 0.785. The molecule has 2 saturated heterocycles. The molecule has 4 rings (SSSR count). The molecular weight excluding hydrogens is 377 g/mol. The molecule has 0 radical (unpaired) electrons. The van der Waals surface area contributed by atoms with E-state index in [1.165, 1.54) is 12.1 Å². The molecule has 1 atom stereocenters. The van der Waals surface area contributed by atoms with E-state index < -0.39 is 0 Å². The molecule has 0 N–H and O–H groups in total. The molecule has 1 aromatic heterocycles. The average molecular weight is 404 g/mol. The molecule has 2 aliphatic rings. The molecule has 2 fully saturated rings. The molecule has 5 nitrogen and oxygen atoms in total. The van der Waals surface area contributed by atoms with Gasteiger partial charge in [0.05, 0.1) is 23.8 Å². The Labute approximate surface area is 169 Å². The molecule has 1 amide bonds. The topological polar surface area (TPSA) is 45.7 Å². The van der Waals surface area contributed by atoms with Crippen molar-refractivity contribution in [2.45, 2.75) is 31.9 Å². The first kappa shape index (κ1) is 19.5. The lowest BCUT2D eigenvalue weighted by atomic mass is 9.71. The number of benzene rings is 1. The minimum Gasteiger partial charge on any atom is -0.380 e. The fourth-order valence-corrected chi connectivity index (χ4v) is 5.27. The number of hydrogen-bond acceptors (Lipinski definition) is 5. The third-order valence-electron chi connectivity index (χ3n) is 6.09. The monoisotopic (exact) mass is 403 g/mol. The van der Waals surface area contributed by atoms with Gasteiger partial charge in [-0.25, -0.2) is 9.37 Å². The first-order valence-electron chi connectivity index (χ1n) is 9.70. The Bertz CT molecular complexity index is 830. The summed E-state index contributed by atoms with van der Waals surface area (Å²) in [6, 6.07) is 6.44. The normalized spacial score (nSPS) is 22.8. The Morgan fingerprint density at radius 2 is 2.00 bits per heavy atom. The number of likely N-dealkylation sites (tertiary alicyclic amines) is 2. The average Bonchev–Trinajstić information content (AvgIpc) is 3.16. The SMILES string of the molecule is COC1CN(C)C(=O)C2(CCN(Cc3nc(-c4ccc(F)cc4)cs3)CC2)C1. The first-order chi connectivity index (χ1) is 13.5. The molecule has 1 spiro atoms. The maximum Gasteiger partial charge on any atom is 0.228 e. The van der Waals surface area contributed by atoms with Gasteiger partial charge >= 0.3 is 0 Å². The highest BCUT2D eigenvalue weighted by Crippen LogP contribution is 2.41. The Hall–Kier alpha value is -1.83. The van der Waals surface area contributed by atoms with Crippen LogP contribution in [0.15, 0.2) is 29.6 Å². The largest absolute Gasteiger partial charge is 0.380 e. The minimum atomic E-state index is -0.272. The van der Waals surface area contributed by atoms with E-state index in [4.69, 9.17) is 9.72 Å². The van der Waals surface area contributed by atoms with Gasteiger partial charge in [-0.15, -0.1) is 11.3 Å². The molecule has 0 saturated carbocycles. The van der Waals surface area contributed by atoms with E-state index in [1.54, 1.807) is 30.6 Å². The molecule has 2 aliphatic heterocycles. The van der Waals surface area contributed by atoms with Gasteiger partial charge in [0.15, 0.2) is 0 Å². The van der Waals surface area contributed by atoms with E-state index in [2.05, 4.69) is 4.90 Å². The van der Waals surface area contributed by atoms with E-state index >= 15 is 0 Å². The Kier molecular flexibility index (Phi) is 5.49. The van der Waals surface area contributed by atoms with Crippen molar-refractivity contribution in [3.05, 3.63) is 40.5 Å². The molecule has 1 aromatic carbocycles. The summed E-state index contributed by atoms with van der Waals surface area (Å²) in [4.78, 5) is 21.8. The molecule has 150 valence electrons. The summed E-state index contributed by atoms with van der Waals surface area (Å²) in [6.07, 6.45) is 2.69. The van der Waals surface area contributed by atoms with Gasteiger partial charge in [-0.2, -0.15) is 0 Å². The number of likely N-dealkylation sites (N-methyl/N-ethyl adjacent to an activating group) is 1. The Morgan fingerprint density at radius 1 is 1.29 bits per heavy atom. The molecule has 0 bridgehead atoms. The van der Waals surface area contributed by atoms with Gasteiger partial charge in [0.25, 0.3) is 0 Å². The predicted octanol–water partition coefficient (Wildman–Crippen LogP) is 3.41. The van der Waals surface area contributed by atoms with Crippen LogP contribution in [-0.2, 0) is 16.1 Å². The Balaban J connectivity index is 1.38. The second kappa shape index (κ2) is 7.89. The number of piperidine rings is 2. The summed E-state index contributed by atoms with van der Waals surface area (Å²) in [5.74, 6) is 0.0355. The van der Waals surface area contributed by atoms with Crippen molar-refractivity contribution in [2.75, 3.05) is 33.8 Å². The number of hydrogen-bond donors (Lipinski definition) is 0. The third kappa shape index (κ3) is 3.83. The molecule has 0 aliphatic carbocycles. The van der Waals surface area contributed by atoms with Gasteiger partial charge in [0.2, 0.25) is 5.91 Å². The van der Waals surface area contributed by atoms with Crippen LogP contribution in [0.4, 0.5) is 4.39 Å². The van der Waals surface area contributed by atoms with Crippen LogP contribution in [0.3, 0.4) is 0 Å². The standard InChI is InChI=1S/C21H26FN3O2S/c1-24-12-17(27-2)11-21(20(24)26)7-9-25(10-8-21)13-19-23-18(14-28-19)15-3-5-16(22)6-4-15/h3-6,14,17H,7-13H2,1-2H3. The lowest BCUT2D eigenvalue weighted by Gasteiger charge is -2.47. The fraction of sp³-hybridized carbons (Fsp3) is 0.524. The fourth-order valence-electron chi connectivity index (χ4n) is 4.42. The van der Waals surface area contributed by atoms with Crippen LogP contribution in [0.25, 0.3) is 11.3 Å². The number of halogens is 1. The second-order valence-electron chi connectivity index (χ2n) is 7.94. The Morgan fingerprint density at radius 3 is 2.68 bits per heavy atom. The number of rotatable bonds is 4. The maximum absolute atomic E-state index is 13.1. The highest BCUT2D eigenvalue weighted by molar-refractivity contribution is 7.09. The summed E-state index contributed by atoms with van der Waals surface area (Å²) in [7, 11) is 3.62. The number of methoxy groups -OCH3 is 1. The van der Waals surface area contributed by atoms with Crippen LogP contribution in [0.1, 0.15) is 24.3 Å². The van der Waals surface area contributed by atoms with E-state index in [9.17, 15) is 9.18 Å². The van der Waals surface area contributed by atoms with Gasteiger partial charge in [-0.1, -0.05) is 0 Å². The summed E-state index contributed by atoms with van der Waals surface area (Å²) in [5, 5.41) is 3.08. The molecule has 28 heavy (non-hydrogen) atoms. The van der Waals surface area contributed by atoms with Crippen molar-refractivity contribution < 1.29 is 13.9 Å². The van der Waals surface area contributed by atoms with Crippen LogP contribution in [0, 0.1) is 11.2 Å². The predicted molar refractivity (Wildman–Crippen MR) is 108 cm³/mol. The number of aromatic nitrogens is 1. The van der Waals surface area contributed by atoms with Gasteiger partial charge in [0.1, 0.15) is 10.8 Å². The molecule has 1 unspecified atom stereocenters. The maximum atomic E-state index is 13.1. The van der Waals surface area contributed by atoms with Crippen LogP contribution in [0.2, 0.25) is 0 Å².